The fourth-order valence-corrected chi connectivity index (χ4v) is 4.86. The molecule has 0 rings (SSSR count). The van der Waals surface area contributed by atoms with Crippen LogP contribution in [0.1, 0.15) is 79.1 Å². The Morgan fingerprint density at radius 1 is 0.500 bits per heavy atom. The van der Waals surface area contributed by atoms with Crippen molar-refractivity contribution in [1.82, 2.24) is 0 Å². The van der Waals surface area contributed by atoms with Crippen molar-refractivity contribution in [1.29, 1.82) is 0 Å². The molecule has 0 aliphatic carbocycles. The topological polar surface area (TPSA) is 36.9 Å². The van der Waals surface area contributed by atoms with Gasteiger partial charge in [0.1, 0.15) is 0 Å². The molecule has 10 heteroatoms. The molecular formula is C16H36Cl4O4Ti2. The molecule has 0 atom stereocenters. The monoisotopic (exact) mass is 528 g/mol. The molecule has 0 unspecified atom stereocenters. The molecule has 0 bridgehead atoms. The van der Waals surface area contributed by atoms with Crippen LogP contribution in [0, 0.1) is 0 Å². The maximum absolute atomic E-state index is 6.03. The van der Waals surface area contributed by atoms with E-state index >= 15 is 0 Å². The van der Waals surface area contributed by atoms with Gasteiger partial charge in [-0.3, -0.25) is 0 Å². The van der Waals surface area contributed by atoms with Crippen LogP contribution in [0.15, 0.2) is 0 Å². The summed E-state index contributed by atoms with van der Waals surface area (Å²) in [5, 5.41) is 0. The van der Waals surface area contributed by atoms with Gasteiger partial charge in [-0.1, -0.05) is 0 Å². The summed E-state index contributed by atoms with van der Waals surface area (Å²) >= 11 is -6.63. The summed E-state index contributed by atoms with van der Waals surface area (Å²) in [6.07, 6.45) is 8.54. The van der Waals surface area contributed by atoms with Crippen LogP contribution in [0.2, 0.25) is 0 Å². The number of halogens is 4. The second-order valence-electron chi connectivity index (χ2n) is 5.74. The van der Waals surface area contributed by atoms with E-state index in [1.807, 2.05) is 0 Å². The van der Waals surface area contributed by atoms with Crippen molar-refractivity contribution in [2.75, 3.05) is 26.4 Å². The first kappa shape index (κ1) is 30.6. The van der Waals surface area contributed by atoms with Crippen LogP contribution in [0.3, 0.4) is 0 Å². The van der Waals surface area contributed by atoms with E-state index in [9.17, 15) is 0 Å². The van der Waals surface area contributed by atoms with Gasteiger partial charge < -0.3 is 0 Å². The predicted molar refractivity (Wildman–Crippen MR) is 107 cm³/mol. The van der Waals surface area contributed by atoms with E-state index in [2.05, 4.69) is 27.7 Å². The van der Waals surface area contributed by atoms with E-state index < -0.39 is 30.5 Å². The number of hydrogen-bond donors (Lipinski definition) is 0. The van der Waals surface area contributed by atoms with E-state index in [1.54, 1.807) is 0 Å². The Kier molecular flexibility index (Phi) is 24.4. The molecular weight excluding hydrogens is 494 g/mol. The van der Waals surface area contributed by atoms with Crippen molar-refractivity contribution in [3.63, 3.8) is 0 Å². The van der Waals surface area contributed by atoms with Crippen molar-refractivity contribution in [2.45, 2.75) is 79.1 Å². The quantitative estimate of drug-likeness (QED) is 0.151. The van der Waals surface area contributed by atoms with Gasteiger partial charge in [-0.05, 0) is 0 Å². The number of unbranched alkanes of at least 4 members (excludes halogenated alkanes) is 4. The zero-order valence-corrected chi connectivity index (χ0v) is 22.8. The Hall–Kier alpha value is 2.43. The van der Waals surface area contributed by atoms with Crippen molar-refractivity contribution in [3.05, 3.63) is 0 Å². The molecule has 0 saturated carbocycles. The summed E-state index contributed by atoms with van der Waals surface area (Å²) in [5.41, 5.74) is 0. The summed E-state index contributed by atoms with van der Waals surface area (Å²) < 4.78 is 24.1. The first-order valence-corrected chi connectivity index (χ1v) is 20.7. The van der Waals surface area contributed by atoms with Crippen LogP contribution in [-0.2, 0) is 43.8 Å². The normalized spacial score (nSPS) is 12.0. The van der Waals surface area contributed by atoms with Gasteiger partial charge >= 0.3 is 186 Å². The standard InChI is InChI=1S/4C4H9O.4ClH.2Ti/c4*1-2-3-4-5;;;;;;/h4*2-4H2,1H3;4*1H;;/q4*-1;;;;;2*+4/p-4. The van der Waals surface area contributed by atoms with Crippen LogP contribution in [-0.4, -0.2) is 26.4 Å². The molecule has 0 aromatic carbocycles. The maximum atomic E-state index is 6.03. The summed E-state index contributed by atoms with van der Waals surface area (Å²) in [6.45, 7) is 11.4. The van der Waals surface area contributed by atoms with Crippen molar-refractivity contribution in [2.24, 2.45) is 0 Å². The van der Waals surface area contributed by atoms with Gasteiger partial charge in [0.25, 0.3) is 0 Å². The molecule has 0 heterocycles. The van der Waals surface area contributed by atoms with Gasteiger partial charge in [0.05, 0.1) is 0 Å². The van der Waals surface area contributed by atoms with Gasteiger partial charge in [-0.15, -0.1) is 0 Å². The molecule has 0 spiro atoms. The molecule has 0 aliphatic heterocycles. The fraction of sp³-hybridized carbons (Fsp3) is 1.00. The van der Waals surface area contributed by atoms with Gasteiger partial charge in [0.2, 0.25) is 0 Å². The molecule has 0 amide bonds. The third-order valence-electron chi connectivity index (χ3n) is 3.11. The Balaban J connectivity index is 0. The Bertz CT molecular complexity index is 246. The molecule has 0 aliphatic rings. The van der Waals surface area contributed by atoms with Crippen LogP contribution in [0.4, 0.5) is 0 Å². The van der Waals surface area contributed by atoms with Crippen LogP contribution < -0.4 is 0 Å². The Morgan fingerprint density at radius 2 is 0.692 bits per heavy atom. The number of rotatable bonds is 16. The van der Waals surface area contributed by atoms with Gasteiger partial charge in [0.15, 0.2) is 0 Å². The minimum absolute atomic E-state index is 0.681. The SMILES string of the molecule is CCCC[O][Ti]([O]CCCC)([O]CCCC)[O]CCCC.[Cl][Ti]([Cl])([Cl])[Cl]. The second kappa shape index (κ2) is 20.7. The molecule has 4 nitrogen and oxygen atoms in total. The van der Waals surface area contributed by atoms with E-state index in [0.29, 0.717) is 26.4 Å². The molecule has 0 N–H and O–H groups in total. The van der Waals surface area contributed by atoms with Gasteiger partial charge in [-0.2, -0.15) is 0 Å². The Morgan fingerprint density at radius 3 is 0.846 bits per heavy atom. The predicted octanol–water partition coefficient (Wildman–Crippen LogP) is 7.82. The average molecular weight is 530 g/mol. The van der Waals surface area contributed by atoms with Crippen molar-refractivity contribution in [3.8, 4) is 0 Å². The zero-order chi connectivity index (χ0) is 20.3. The second-order valence-corrected chi connectivity index (χ2v) is 24.6. The summed E-state index contributed by atoms with van der Waals surface area (Å²) in [4.78, 5) is 0. The van der Waals surface area contributed by atoms with Crippen LogP contribution in [0.25, 0.3) is 0 Å². The van der Waals surface area contributed by atoms with Crippen LogP contribution in [0.5, 0.6) is 0 Å². The van der Waals surface area contributed by atoms with Crippen molar-refractivity contribution < 1.29 is 43.8 Å². The van der Waals surface area contributed by atoms with E-state index in [4.69, 9.17) is 50.5 Å². The molecule has 160 valence electrons. The average Bonchev–Trinajstić information content (AvgIpc) is 2.54. The van der Waals surface area contributed by atoms with Gasteiger partial charge in [-0.25, -0.2) is 0 Å². The summed E-state index contributed by atoms with van der Waals surface area (Å²) in [7, 11) is 20.1. The molecule has 0 aromatic rings. The molecule has 26 heavy (non-hydrogen) atoms. The van der Waals surface area contributed by atoms with Gasteiger partial charge in [0, 0.05) is 0 Å². The molecule has 0 radical (unpaired) electrons. The molecule has 0 aromatic heterocycles. The van der Waals surface area contributed by atoms with E-state index in [-0.39, 0.29) is 0 Å². The molecule has 0 fully saturated rings. The fourth-order valence-electron chi connectivity index (χ4n) is 1.62. The van der Waals surface area contributed by atoms with E-state index in [1.165, 1.54) is 0 Å². The third-order valence-corrected chi connectivity index (χ3v) is 6.59. The minimum atomic E-state index is -3.52. The van der Waals surface area contributed by atoms with Crippen molar-refractivity contribution >= 4 is 37.2 Å². The third kappa shape index (κ3) is 24.5. The zero-order valence-electron chi connectivity index (χ0n) is 16.6. The first-order valence-electron chi connectivity index (χ1n) is 9.56. The summed E-state index contributed by atoms with van der Waals surface area (Å²) in [5.74, 6) is 0. The number of hydrogen-bond acceptors (Lipinski definition) is 4. The Labute approximate surface area is 185 Å². The van der Waals surface area contributed by atoms with Crippen LogP contribution >= 0.6 is 37.2 Å². The molecule has 0 saturated heterocycles. The first-order chi connectivity index (χ1) is 12.2. The van der Waals surface area contributed by atoms with E-state index in [0.717, 1.165) is 51.4 Å². The summed E-state index contributed by atoms with van der Waals surface area (Å²) in [6, 6.07) is 0.